The minimum Gasteiger partial charge on any atom is -0.423 e. The Morgan fingerprint density at radius 2 is 2.00 bits per heavy atom. The number of halogens is 1. The van der Waals surface area contributed by atoms with Crippen molar-refractivity contribution >= 4 is 22.6 Å². The number of hydrogen-bond donors (Lipinski definition) is 0. The SMILES string of the molecule is Cc1cc2c(CCl)cc(=O)oc2cc1C(C)C. The predicted molar refractivity (Wildman–Crippen MR) is 70.9 cm³/mol. The summed E-state index contributed by atoms with van der Waals surface area (Å²) in [6, 6.07) is 5.46. The first-order valence-electron chi connectivity index (χ1n) is 5.66. The molecule has 0 saturated heterocycles. The number of alkyl halides is 1. The molecule has 1 aromatic heterocycles. The summed E-state index contributed by atoms with van der Waals surface area (Å²) in [7, 11) is 0. The fourth-order valence-corrected chi connectivity index (χ4v) is 2.35. The largest absolute Gasteiger partial charge is 0.423 e. The Morgan fingerprint density at radius 1 is 1.29 bits per heavy atom. The zero-order valence-corrected chi connectivity index (χ0v) is 11.0. The third kappa shape index (κ3) is 2.22. The molecule has 3 heteroatoms. The molecule has 0 saturated carbocycles. The summed E-state index contributed by atoms with van der Waals surface area (Å²) in [6.45, 7) is 6.31. The third-order valence-corrected chi connectivity index (χ3v) is 3.27. The quantitative estimate of drug-likeness (QED) is 0.597. The van der Waals surface area contributed by atoms with Gasteiger partial charge in [0.15, 0.2) is 0 Å². The average molecular weight is 251 g/mol. The van der Waals surface area contributed by atoms with Crippen LogP contribution in [-0.4, -0.2) is 0 Å². The molecule has 0 aliphatic rings. The van der Waals surface area contributed by atoms with Gasteiger partial charge in [0.1, 0.15) is 5.58 Å². The highest BCUT2D eigenvalue weighted by molar-refractivity contribution is 6.17. The summed E-state index contributed by atoms with van der Waals surface area (Å²) < 4.78 is 5.24. The Hall–Kier alpha value is -1.28. The molecular weight excluding hydrogens is 236 g/mol. The van der Waals surface area contributed by atoms with Gasteiger partial charge < -0.3 is 4.42 Å². The first-order valence-corrected chi connectivity index (χ1v) is 6.19. The molecule has 0 bridgehead atoms. The van der Waals surface area contributed by atoms with E-state index in [1.165, 1.54) is 17.2 Å². The van der Waals surface area contributed by atoms with Gasteiger partial charge in [0.05, 0.1) is 0 Å². The molecule has 0 aliphatic carbocycles. The maximum Gasteiger partial charge on any atom is 0.336 e. The van der Waals surface area contributed by atoms with Gasteiger partial charge in [-0.25, -0.2) is 4.79 Å². The normalized spacial score (nSPS) is 11.4. The van der Waals surface area contributed by atoms with E-state index in [-0.39, 0.29) is 5.63 Å². The average Bonchev–Trinajstić information content (AvgIpc) is 2.27. The molecule has 1 aromatic carbocycles. The monoisotopic (exact) mass is 250 g/mol. The first-order chi connectivity index (χ1) is 8.02. The molecule has 2 rings (SSSR count). The van der Waals surface area contributed by atoms with Gasteiger partial charge in [-0.05, 0) is 41.7 Å². The number of benzene rings is 1. The molecular formula is C14H15ClO2. The zero-order valence-electron chi connectivity index (χ0n) is 10.2. The number of aryl methyl sites for hydroxylation is 1. The summed E-state index contributed by atoms with van der Waals surface area (Å²) in [5, 5.41) is 0.932. The van der Waals surface area contributed by atoms with Crippen LogP contribution in [0, 0.1) is 6.92 Å². The van der Waals surface area contributed by atoms with E-state index in [9.17, 15) is 4.79 Å². The van der Waals surface area contributed by atoms with E-state index in [1.807, 2.05) is 12.1 Å². The predicted octanol–water partition coefficient (Wildman–Crippen LogP) is 3.96. The lowest BCUT2D eigenvalue weighted by Crippen LogP contribution is -2.01. The second kappa shape index (κ2) is 4.53. The van der Waals surface area contributed by atoms with Gasteiger partial charge in [-0.3, -0.25) is 0 Å². The van der Waals surface area contributed by atoms with Crippen molar-refractivity contribution in [2.75, 3.05) is 0 Å². The van der Waals surface area contributed by atoms with E-state index in [2.05, 4.69) is 20.8 Å². The topological polar surface area (TPSA) is 30.2 Å². The van der Waals surface area contributed by atoms with Crippen molar-refractivity contribution < 1.29 is 4.42 Å². The van der Waals surface area contributed by atoms with Crippen LogP contribution in [0.3, 0.4) is 0 Å². The second-order valence-electron chi connectivity index (χ2n) is 4.58. The van der Waals surface area contributed by atoms with Crippen molar-refractivity contribution in [2.45, 2.75) is 32.6 Å². The maximum atomic E-state index is 11.4. The van der Waals surface area contributed by atoms with Crippen LogP contribution >= 0.6 is 11.6 Å². The fraction of sp³-hybridized carbons (Fsp3) is 0.357. The Morgan fingerprint density at radius 3 is 2.59 bits per heavy atom. The first kappa shape index (κ1) is 12.2. The number of rotatable bonds is 2. The molecule has 2 aromatic rings. The maximum absolute atomic E-state index is 11.4. The molecule has 90 valence electrons. The van der Waals surface area contributed by atoms with E-state index in [4.69, 9.17) is 16.0 Å². The fourth-order valence-electron chi connectivity index (χ4n) is 2.13. The molecule has 1 heterocycles. The molecule has 2 nitrogen and oxygen atoms in total. The van der Waals surface area contributed by atoms with Gasteiger partial charge in [0, 0.05) is 17.3 Å². The second-order valence-corrected chi connectivity index (χ2v) is 4.85. The van der Waals surface area contributed by atoms with Gasteiger partial charge in [-0.1, -0.05) is 13.8 Å². The van der Waals surface area contributed by atoms with Gasteiger partial charge in [0.2, 0.25) is 0 Å². The molecule has 0 N–H and O–H groups in total. The number of hydrogen-bond acceptors (Lipinski definition) is 2. The van der Waals surface area contributed by atoms with Crippen LogP contribution in [0.4, 0.5) is 0 Å². The van der Waals surface area contributed by atoms with Crippen LogP contribution in [0.1, 0.15) is 36.5 Å². The van der Waals surface area contributed by atoms with Gasteiger partial charge >= 0.3 is 5.63 Å². The smallest absolute Gasteiger partial charge is 0.336 e. The highest BCUT2D eigenvalue weighted by atomic mass is 35.5. The van der Waals surface area contributed by atoms with Crippen LogP contribution < -0.4 is 5.63 Å². The van der Waals surface area contributed by atoms with E-state index in [1.54, 1.807) is 0 Å². The molecule has 0 atom stereocenters. The van der Waals surface area contributed by atoms with Gasteiger partial charge in [-0.2, -0.15) is 0 Å². The zero-order chi connectivity index (χ0) is 12.6. The standard InChI is InChI=1S/C14H15ClO2/c1-8(2)11-6-13-12(4-9(11)3)10(7-15)5-14(16)17-13/h4-6,8H,7H2,1-3H3. The summed E-state index contributed by atoms with van der Waals surface area (Å²) in [4.78, 5) is 11.4. The minimum atomic E-state index is -0.341. The van der Waals surface area contributed by atoms with E-state index < -0.39 is 0 Å². The molecule has 0 fully saturated rings. The van der Waals surface area contributed by atoms with Crippen molar-refractivity contribution in [1.82, 2.24) is 0 Å². The van der Waals surface area contributed by atoms with Crippen molar-refractivity contribution in [1.29, 1.82) is 0 Å². The molecule has 0 radical (unpaired) electrons. The van der Waals surface area contributed by atoms with Crippen LogP contribution in [0.5, 0.6) is 0 Å². The van der Waals surface area contributed by atoms with Crippen molar-refractivity contribution in [3.05, 3.63) is 45.3 Å². The minimum absolute atomic E-state index is 0.322. The Balaban J connectivity index is 2.82. The van der Waals surface area contributed by atoms with Crippen molar-refractivity contribution in [3.8, 4) is 0 Å². The van der Waals surface area contributed by atoms with Crippen LogP contribution in [0.25, 0.3) is 11.0 Å². The number of fused-ring (bicyclic) bond motifs is 1. The van der Waals surface area contributed by atoms with Crippen molar-refractivity contribution in [3.63, 3.8) is 0 Å². The Labute approximate surface area is 105 Å². The highest BCUT2D eigenvalue weighted by Crippen LogP contribution is 2.27. The van der Waals surface area contributed by atoms with E-state index in [0.717, 1.165) is 10.9 Å². The van der Waals surface area contributed by atoms with E-state index in [0.29, 0.717) is 17.4 Å². The summed E-state index contributed by atoms with van der Waals surface area (Å²) in [6.07, 6.45) is 0. The summed E-state index contributed by atoms with van der Waals surface area (Å²) in [5.41, 5.74) is 3.52. The lowest BCUT2D eigenvalue weighted by Gasteiger charge is -2.11. The van der Waals surface area contributed by atoms with E-state index >= 15 is 0 Å². The molecule has 17 heavy (non-hydrogen) atoms. The molecule has 0 aliphatic heterocycles. The van der Waals surface area contributed by atoms with Crippen molar-refractivity contribution in [2.24, 2.45) is 0 Å². The Kier molecular flexibility index (Phi) is 3.25. The summed E-state index contributed by atoms with van der Waals surface area (Å²) in [5.74, 6) is 0.729. The molecule has 0 unspecified atom stereocenters. The van der Waals surface area contributed by atoms with Gasteiger partial charge in [0.25, 0.3) is 0 Å². The van der Waals surface area contributed by atoms with Gasteiger partial charge in [-0.15, -0.1) is 11.6 Å². The lowest BCUT2D eigenvalue weighted by molar-refractivity contribution is 0.558. The lowest BCUT2D eigenvalue weighted by atomic mass is 9.95. The van der Waals surface area contributed by atoms with Crippen LogP contribution in [-0.2, 0) is 5.88 Å². The van der Waals surface area contributed by atoms with Crippen LogP contribution in [0.2, 0.25) is 0 Å². The Bertz CT molecular complexity index is 611. The third-order valence-electron chi connectivity index (χ3n) is 2.98. The highest BCUT2D eigenvalue weighted by Gasteiger charge is 2.10. The molecule has 0 spiro atoms. The van der Waals surface area contributed by atoms with Crippen LogP contribution in [0.15, 0.2) is 27.4 Å². The molecule has 0 amide bonds. The summed E-state index contributed by atoms with van der Waals surface area (Å²) >= 11 is 5.85.